The molecule has 0 fully saturated rings. The number of halogens is 1. The van der Waals surface area contributed by atoms with E-state index in [9.17, 15) is 0 Å². The van der Waals surface area contributed by atoms with E-state index in [-0.39, 0.29) is 0 Å². The van der Waals surface area contributed by atoms with Crippen molar-refractivity contribution in [2.75, 3.05) is 5.75 Å². The number of nitrogens with two attached hydrogens (primary N) is 2. The number of nitrogens with one attached hydrogen (secondary N) is 2. The van der Waals surface area contributed by atoms with Crippen molar-refractivity contribution in [3.8, 4) is 11.6 Å². The van der Waals surface area contributed by atoms with Crippen LogP contribution < -0.4 is 17.1 Å². The van der Waals surface area contributed by atoms with Crippen LogP contribution in [0.15, 0.2) is 31.5 Å². The summed E-state index contributed by atoms with van der Waals surface area (Å²) in [5.74, 6) is 12.4. The van der Waals surface area contributed by atoms with Gasteiger partial charge < -0.3 is 15.7 Å². The Balaban J connectivity index is 2.02. The van der Waals surface area contributed by atoms with Gasteiger partial charge in [0.05, 0.1) is 5.75 Å². The lowest BCUT2D eigenvalue weighted by Gasteiger charge is -1.99. The molecule has 0 spiro atoms. The predicted octanol–water partition coefficient (Wildman–Crippen LogP) is 0.655. The largest absolute Gasteiger partial charge is 0.446 e. The van der Waals surface area contributed by atoms with Crippen molar-refractivity contribution in [3.63, 3.8) is 0 Å². The fourth-order valence-corrected chi connectivity index (χ4v) is 2.11. The van der Waals surface area contributed by atoms with Gasteiger partial charge in [-0.25, -0.2) is 5.84 Å². The summed E-state index contributed by atoms with van der Waals surface area (Å²) in [6.45, 7) is 0. The number of hydrazine groups is 1. The van der Waals surface area contributed by atoms with E-state index in [0.29, 0.717) is 33.0 Å². The Morgan fingerprint density at radius 1 is 1.61 bits per heavy atom. The van der Waals surface area contributed by atoms with Crippen LogP contribution in [-0.4, -0.2) is 26.8 Å². The molecule has 0 unspecified atom stereocenters. The van der Waals surface area contributed by atoms with E-state index in [1.165, 1.54) is 11.8 Å². The molecule has 0 atom stereocenters. The van der Waals surface area contributed by atoms with E-state index in [1.807, 2.05) is 0 Å². The second kappa shape index (κ2) is 5.89. The van der Waals surface area contributed by atoms with Crippen LogP contribution in [-0.2, 0) is 0 Å². The van der Waals surface area contributed by atoms with Crippen molar-refractivity contribution in [3.05, 3.63) is 16.8 Å². The van der Waals surface area contributed by atoms with Crippen molar-refractivity contribution in [2.45, 2.75) is 5.16 Å². The van der Waals surface area contributed by atoms with Gasteiger partial charge in [-0.1, -0.05) is 11.8 Å². The molecule has 2 rings (SSSR count). The van der Waals surface area contributed by atoms with Crippen LogP contribution in [0.1, 0.15) is 0 Å². The van der Waals surface area contributed by atoms with Gasteiger partial charge in [-0.15, -0.1) is 5.10 Å². The Morgan fingerprint density at radius 2 is 2.44 bits per heavy atom. The predicted molar refractivity (Wildman–Crippen MR) is 71.5 cm³/mol. The third kappa shape index (κ3) is 3.03. The molecular formula is C8H10BrN7OS. The molecule has 10 heteroatoms. The van der Waals surface area contributed by atoms with Gasteiger partial charge in [0.1, 0.15) is 5.84 Å². The molecule has 0 aliphatic heterocycles. The Hall–Kier alpha value is -1.52. The molecule has 0 aliphatic carbocycles. The summed E-state index contributed by atoms with van der Waals surface area (Å²) >= 11 is 4.56. The van der Waals surface area contributed by atoms with Crippen molar-refractivity contribution < 1.29 is 4.42 Å². The minimum Gasteiger partial charge on any atom is -0.446 e. The number of rotatable bonds is 4. The van der Waals surface area contributed by atoms with Crippen molar-refractivity contribution in [2.24, 2.45) is 16.8 Å². The normalized spacial score (nSPS) is 11.8. The Kier molecular flexibility index (Phi) is 4.23. The molecule has 2 aromatic rings. The highest BCUT2D eigenvalue weighted by Crippen LogP contribution is 2.23. The lowest BCUT2D eigenvalue weighted by Crippen LogP contribution is -2.33. The fraction of sp³-hybridized carbons (Fsp3) is 0.125. The molecule has 2 heterocycles. The Labute approximate surface area is 115 Å². The zero-order valence-corrected chi connectivity index (χ0v) is 11.5. The fourth-order valence-electron chi connectivity index (χ4n) is 1.11. The molecule has 6 N–H and O–H groups in total. The van der Waals surface area contributed by atoms with Gasteiger partial charge in [-0.05, 0) is 28.1 Å². The van der Waals surface area contributed by atoms with Crippen LogP contribution in [0.2, 0.25) is 0 Å². The van der Waals surface area contributed by atoms with Crippen LogP contribution in [0.25, 0.3) is 11.6 Å². The minimum atomic E-state index is 0.451. The molecular weight excluding hydrogens is 322 g/mol. The number of hydrogen-bond donors (Lipinski definition) is 4. The highest BCUT2D eigenvalue weighted by Gasteiger charge is 2.10. The molecule has 0 saturated heterocycles. The number of thioether (sulfide) groups is 1. The third-order valence-corrected chi connectivity index (χ3v) is 3.22. The standard InChI is InChI=1S/C8H10BrN7OS/c9-5-2-1-4(17-5)7-12-8(16-15-7)18-3-6(13-10)14-11/h1-2H,3,10-11H2,(H,13,14)(H,12,15,16). The number of furan rings is 1. The van der Waals surface area contributed by atoms with Gasteiger partial charge in [0.15, 0.2) is 16.3 Å². The quantitative estimate of drug-likeness (QED) is 0.213. The maximum Gasteiger partial charge on any atom is 0.209 e. The first kappa shape index (κ1) is 12.9. The van der Waals surface area contributed by atoms with Gasteiger partial charge in [-0.3, -0.25) is 5.10 Å². The SMILES string of the molecule is N/N=C(/CSc1n[nH]c(-c2ccc(Br)o2)n1)NN. The van der Waals surface area contributed by atoms with Gasteiger partial charge in [0, 0.05) is 0 Å². The van der Waals surface area contributed by atoms with Gasteiger partial charge in [-0.2, -0.15) is 10.1 Å². The number of aromatic nitrogens is 3. The highest BCUT2D eigenvalue weighted by atomic mass is 79.9. The van der Waals surface area contributed by atoms with E-state index in [2.05, 4.69) is 41.6 Å². The molecule has 8 nitrogen and oxygen atoms in total. The molecule has 0 aliphatic rings. The van der Waals surface area contributed by atoms with Crippen LogP contribution in [0.4, 0.5) is 0 Å². The van der Waals surface area contributed by atoms with E-state index >= 15 is 0 Å². The maximum atomic E-state index is 5.35. The summed E-state index contributed by atoms with van der Waals surface area (Å²) in [7, 11) is 0. The molecule has 18 heavy (non-hydrogen) atoms. The zero-order chi connectivity index (χ0) is 13.0. The lowest BCUT2D eigenvalue weighted by molar-refractivity contribution is 0.551. The van der Waals surface area contributed by atoms with Crippen LogP contribution in [0.5, 0.6) is 0 Å². The molecule has 96 valence electrons. The molecule has 0 bridgehead atoms. The molecule has 0 aromatic carbocycles. The third-order valence-electron chi connectivity index (χ3n) is 1.93. The van der Waals surface area contributed by atoms with E-state index in [4.69, 9.17) is 16.1 Å². The lowest BCUT2D eigenvalue weighted by atomic mass is 10.4. The zero-order valence-electron chi connectivity index (χ0n) is 9.05. The van der Waals surface area contributed by atoms with Gasteiger partial charge in [0.2, 0.25) is 5.16 Å². The number of nitrogens with zero attached hydrogens (tertiary/aromatic N) is 3. The summed E-state index contributed by atoms with van der Waals surface area (Å²) in [6.07, 6.45) is 0. The average molecular weight is 332 g/mol. The summed E-state index contributed by atoms with van der Waals surface area (Å²) in [5, 5.41) is 10.8. The summed E-state index contributed by atoms with van der Waals surface area (Å²) in [6, 6.07) is 3.56. The van der Waals surface area contributed by atoms with Crippen molar-refractivity contribution in [1.82, 2.24) is 20.6 Å². The molecule has 0 radical (unpaired) electrons. The minimum absolute atomic E-state index is 0.451. The monoisotopic (exact) mass is 331 g/mol. The Morgan fingerprint density at radius 3 is 3.06 bits per heavy atom. The van der Waals surface area contributed by atoms with E-state index < -0.39 is 0 Å². The van der Waals surface area contributed by atoms with E-state index in [0.717, 1.165) is 0 Å². The molecule has 0 amide bonds. The summed E-state index contributed by atoms with van der Waals surface area (Å²) in [4.78, 5) is 4.25. The highest BCUT2D eigenvalue weighted by molar-refractivity contribution is 9.10. The average Bonchev–Trinajstić information content (AvgIpc) is 2.99. The topological polar surface area (TPSA) is 131 Å². The number of aromatic amines is 1. The number of H-pyrrole nitrogens is 1. The summed E-state index contributed by atoms with van der Waals surface area (Å²) < 4.78 is 5.98. The maximum absolute atomic E-state index is 5.35. The Bertz CT molecular complexity index is 551. The first-order valence-electron chi connectivity index (χ1n) is 4.77. The van der Waals surface area contributed by atoms with Gasteiger partial charge in [0.25, 0.3) is 0 Å². The van der Waals surface area contributed by atoms with Gasteiger partial charge >= 0.3 is 0 Å². The first-order chi connectivity index (χ1) is 8.72. The second-order valence-corrected chi connectivity index (χ2v) is 4.80. The van der Waals surface area contributed by atoms with E-state index in [1.54, 1.807) is 12.1 Å². The number of hydrogen-bond acceptors (Lipinski definition) is 7. The molecule has 0 saturated carbocycles. The first-order valence-corrected chi connectivity index (χ1v) is 6.55. The van der Waals surface area contributed by atoms with Crippen LogP contribution >= 0.6 is 27.7 Å². The van der Waals surface area contributed by atoms with Crippen molar-refractivity contribution >= 4 is 33.5 Å². The second-order valence-electron chi connectivity index (χ2n) is 3.08. The van der Waals surface area contributed by atoms with Crippen molar-refractivity contribution in [1.29, 1.82) is 0 Å². The number of amidine groups is 1. The smallest absolute Gasteiger partial charge is 0.209 e. The molecule has 2 aromatic heterocycles. The number of hydrazone groups is 1. The van der Waals surface area contributed by atoms with Crippen LogP contribution in [0.3, 0.4) is 0 Å². The summed E-state index contributed by atoms with van der Waals surface area (Å²) in [5.41, 5.74) is 2.38. The van der Waals surface area contributed by atoms with Crippen LogP contribution in [0, 0.1) is 0 Å².